The van der Waals surface area contributed by atoms with Gasteiger partial charge in [-0.05, 0) is 48.9 Å². The maximum absolute atomic E-state index is 12.7. The van der Waals surface area contributed by atoms with E-state index < -0.39 is 23.1 Å². The Morgan fingerprint density at radius 2 is 1.91 bits per heavy atom. The SMILES string of the molecule is Cc1oc(-c2ccc(C(F)(F)F)cc2)nc1COc1ccc(CN2CCSC2C(=O)O)cc1. The molecule has 1 unspecified atom stereocenters. The number of rotatable bonds is 7. The van der Waals surface area contributed by atoms with Crippen molar-refractivity contribution in [1.82, 2.24) is 9.88 Å². The summed E-state index contributed by atoms with van der Waals surface area (Å²) in [6.45, 7) is 3.13. The second-order valence-electron chi connectivity index (χ2n) is 7.56. The van der Waals surface area contributed by atoms with E-state index in [0.717, 1.165) is 30.0 Å². The number of hydrogen-bond acceptors (Lipinski definition) is 6. The van der Waals surface area contributed by atoms with Crippen molar-refractivity contribution < 1.29 is 32.2 Å². The second-order valence-corrected chi connectivity index (χ2v) is 8.75. The highest BCUT2D eigenvalue weighted by molar-refractivity contribution is 8.00. The predicted molar refractivity (Wildman–Crippen MR) is 117 cm³/mol. The number of hydrogen-bond donors (Lipinski definition) is 1. The number of carbonyl (C=O) groups is 1. The molecule has 4 rings (SSSR count). The summed E-state index contributed by atoms with van der Waals surface area (Å²) in [7, 11) is 0. The molecule has 2 heterocycles. The van der Waals surface area contributed by atoms with Crippen LogP contribution in [0.3, 0.4) is 0 Å². The van der Waals surface area contributed by atoms with E-state index in [1.807, 2.05) is 17.0 Å². The van der Waals surface area contributed by atoms with Crippen molar-refractivity contribution in [1.29, 1.82) is 0 Å². The van der Waals surface area contributed by atoms with Gasteiger partial charge in [0.15, 0.2) is 5.37 Å². The van der Waals surface area contributed by atoms with Crippen LogP contribution in [0.15, 0.2) is 52.9 Å². The molecule has 174 valence electrons. The lowest BCUT2D eigenvalue weighted by Gasteiger charge is -2.20. The molecule has 1 saturated heterocycles. The standard InChI is InChI=1S/C23H21F3N2O4S/c1-14-19(27-20(32-14)16-4-6-17(7-5-16)23(24,25)26)13-31-18-8-2-15(3-9-18)12-28-10-11-33-21(28)22(29)30/h2-9,21H,10-13H2,1H3,(H,29,30). The highest BCUT2D eigenvalue weighted by Crippen LogP contribution is 2.31. The van der Waals surface area contributed by atoms with Crippen molar-refractivity contribution >= 4 is 17.7 Å². The fraction of sp³-hybridized carbons (Fsp3) is 0.304. The summed E-state index contributed by atoms with van der Waals surface area (Å²) in [6, 6.07) is 12.0. The molecule has 1 aliphatic rings. The fourth-order valence-corrected chi connectivity index (χ4v) is 4.55. The molecule has 6 nitrogen and oxygen atoms in total. The van der Waals surface area contributed by atoms with Crippen molar-refractivity contribution in [3.63, 3.8) is 0 Å². The molecule has 1 atom stereocenters. The maximum Gasteiger partial charge on any atom is 0.416 e. The number of aromatic nitrogens is 1. The number of carboxylic acids is 1. The fourth-order valence-electron chi connectivity index (χ4n) is 3.46. The number of alkyl halides is 3. The molecule has 0 aliphatic carbocycles. The molecule has 33 heavy (non-hydrogen) atoms. The van der Waals surface area contributed by atoms with Gasteiger partial charge in [0.05, 0.1) is 5.56 Å². The van der Waals surface area contributed by atoms with E-state index in [9.17, 15) is 23.1 Å². The topological polar surface area (TPSA) is 75.8 Å². The Balaban J connectivity index is 1.37. The second kappa shape index (κ2) is 9.48. The van der Waals surface area contributed by atoms with Crippen molar-refractivity contribution in [2.45, 2.75) is 31.6 Å². The summed E-state index contributed by atoms with van der Waals surface area (Å²) in [5.41, 5.74) is 1.25. The van der Waals surface area contributed by atoms with Gasteiger partial charge in [-0.1, -0.05) is 12.1 Å². The number of carboxylic acid groups (broad SMARTS) is 1. The quantitative estimate of drug-likeness (QED) is 0.500. The number of nitrogens with zero attached hydrogens (tertiary/aromatic N) is 2. The number of oxazole rings is 1. The number of benzene rings is 2. The monoisotopic (exact) mass is 478 g/mol. The van der Waals surface area contributed by atoms with Gasteiger partial charge in [0.25, 0.3) is 0 Å². The maximum atomic E-state index is 12.7. The molecule has 0 bridgehead atoms. The summed E-state index contributed by atoms with van der Waals surface area (Å²) in [5.74, 6) is 1.34. The number of halogens is 3. The van der Waals surface area contributed by atoms with Gasteiger partial charge in [-0.15, -0.1) is 11.8 Å². The van der Waals surface area contributed by atoms with Gasteiger partial charge in [-0.2, -0.15) is 13.2 Å². The smallest absolute Gasteiger partial charge is 0.416 e. The van der Waals surface area contributed by atoms with Crippen molar-refractivity contribution in [2.24, 2.45) is 0 Å². The van der Waals surface area contributed by atoms with Crippen molar-refractivity contribution in [2.75, 3.05) is 12.3 Å². The van der Waals surface area contributed by atoms with E-state index in [0.29, 0.717) is 29.3 Å². The van der Waals surface area contributed by atoms with Gasteiger partial charge >= 0.3 is 12.1 Å². The van der Waals surface area contributed by atoms with E-state index in [1.165, 1.54) is 23.9 Å². The minimum absolute atomic E-state index is 0.138. The summed E-state index contributed by atoms with van der Waals surface area (Å²) in [4.78, 5) is 17.6. The zero-order chi connectivity index (χ0) is 23.6. The number of aryl methyl sites for hydroxylation is 1. The number of aliphatic carboxylic acids is 1. The number of thioether (sulfide) groups is 1. The molecule has 2 aromatic carbocycles. The van der Waals surface area contributed by atoms with E-state index in [4.69, 9.17) is 9.15 Å². The third kappa shape index (κ3) is 5.51. The molecule has 0 radical (unpaired) electrons. The molecule has 0 amide bonds. The average Bonchev–Trinajstić information content (AvgIpc) is 3.39. The lowest BCUT2D eigenvalue weighted by Crippen LogP contribution is -2.33. The van der Waals surface area contributed by atoms with Gasteiger partial charge in [0.1, 0.15) is 23.8 Å². The van der Waals surface area contributed by atoms with Crippen molar-refractivity contribution in [3.05, 3.63) is 71.1 Å². The molecular formula is C23H21F3N2O4S. The predicted octanol–water partition coefficient (Wildman–Crippen LogP) is 5.21. The summed E-state index contributed by atoms with van der Waals surface area (Å²) < 4.78 is 49.6. The van der Waals surface area contributed by atoms with Gasteiger partial charge in [0, 0.05) is 24.4 Å². The van der Waals surface area contributed by atoms with Crippen LogP contribution >= 0.6 is 11.8 Å². The number of ether oxygens (including phenoxy) is 1. The molecule has 3 aromatic rings. The molecule has 1 aliphatic heterocycles. The van der Waals surface area contributed by atoms with Crippen LogP contribution < -0.4 is 4.74 Å². The van der Waals surface area contributed by atoms with Crippen LogP contribution in [0.2, 0.25) is 0 Å². The van der Waals surface area contributed by atoms with Gasteiger partial charge in [-0.3, -0.25) is 4.90 Å². The van der Waals surface area contributed by atoms with E-state index in [1.54, 1.807) is 19.1 Å². The van der Waals surface area contributed by atoms with E-state index >= 15 is 0 Å². The summed E-state index contributed by atoms with van der Waals surface area (Å²) >= 11 is 1.43. The van der Waals surface area contributed by atoms with Crippen molar-refractivity contribution in [3.8, 4) is 17.2 Å². The minimum atomic E-state index is -4.40. The highest BCUT2D eigenvalue weighted by Gasteiger charge is 2.31. The lowest BCUT2D eigenvalue weighted by atomic mass is 10.1. The van der Waals surface area contributed by atoms with Crippen LogP contribution in [0.1, 0.15) is 22.6 Å². The zero-order valence-electron chi connectivity index (χ0n) is 17.6. The van der Waals surface area contributed by atoms with Crippen LogP contribution in [-0.2, 0) is 24.1 Å². The minimum Gasteiger partial charge on any atom is -0.487 e. The first kappa shape index (κ1) is 23.2. The molecule has 1 N–H and O–H groups in total. The van der Waals surface area contributed by atoms with Gasteiger partial charge in [-0.25, -0.2) is 9.78 Å². The molecule has 1 aromatic heterocycles. The molecule has 1 fully saturated rings. The average molecular weight is 478 g/mol. The Morgan fingerprint density at radius 1 is 1.21 bits per heavy atom. The lowest BCUT2D eigenvalue weighted by molar-refractivity contribution is -0.139. The van der Waals surface area contributed by atoms with Crippen LogP contribution in [-0.4, -0.2) is 38.6 Å². The third-order valence-corrected chi connectivity index (χ3v) is 6.47. The van der Waals surface area contributed by atoms with Gasteiger partial charge < -0.3 is 14.3 Å². The van der Waals surface area contributed by atoms with E-state index in [2.05, 4.69) is 4.98 Å². The Labute approximate surface area is 192 Å². The first-order chi connectivity index (χ1) is 15.7. The van der Waals surface area contributed by atoms with Crippen LogP contribution in [0.5, 0.6) is 5.75 Å². The first-order valence-electron chi connectivity index (χ1n) is 10.1. The molecule has 0 spiro atoms. The molecule has 10 heteroatoms. The Kier molecular flexibility index (Phi) is 6.66. The Morgan fingerprint density at radius 3 is 2.55 bits per heavy atom. The van der Waals surface area contributed by atoms with E-state index in [-0.39, 0.29) is 12.5 Å². The largest absolute Gasteiger partial charge is 0.487 e. The summed E-state index contributed by atoms with van der Waals surface area (Å²) in [6.07, 6.45) is -4.40. The van der Waals surface area contributed by atoms with Crippen LogP contribution in [0.4, 0.5) is 13.2 Å². The molecule has 0 saturated carbocycles. The Bertz CT molecular complexity index is 1110. The third-order valence-electron chi connectivity index (χ3n) is 5.23. The highest BCUT2D eigenvalue weighted by atomic mass is 32.2. The molecular weight excluding hydrogens is 457 g/mol. The zero-order valence-corrected chi connectivity index (χ0v) is 18.4. The first-order valence-corrected chi connectivity index (χ1v) is 11.2. The van der Waals surface area contributed by atoms with Crippen LogP contribution in [0, 0.1) is 6.92 Å². The van der Waals surface area contributed by atoms with Crippen LogP contribution in [0.25, 0.3) is 11.5 Å². The normalized spacial score (nSPS) is 16.8. The van der Waals surface area contributed by atoms with Gasteiger partial charge in [0.2, 0.25) is 5.89 Å². The summed E-state index contributed by atoms with van der Waals surface area (Å²) in [5, 5.41) is 8.77. The Hall–Kier alpha value is -2.98.